The summed E-state index contributed by atoms with van der Waals surface area (Å²) < 4.78 is 0. The van der Waals surface area contributed by atoms with E-state index in [1.165, 1.54) is 0 Å². The second-order valence-corrected chi connectivity index (χ2v) is 6.45. The van der Waals surface area contributed by atoms with Gasteiger partial charge in [0.15, 0.2) is 0 Å². The Bertz CT molecular complexity index is 487. The van der Waals surface area contributed by atoms with E-state index in [1.54, 1.807) is 32.0 Å². The maximum atomic E-state index is 12.0. The molecule has 0 aliphatic carbocycles. The molecule has 1 aromatic carbocycles. The molecule has 1 amide bonds. The Hall–Kier alpha value is -0.810. The zero-order chi connectivity index (χ0) is 16.0. The topological polar surface area (TPSA) is 52.6 Å². The number of hydrogen-bond donors (Lipinski definition) is 2. The third-order valence-electron chi connectivity index (χ3n) is 2.92. The van der Waals surface area contributed by atoms with E-state index in [-0.39, 0.29) is 5.91 Å². The molecule has 0 aliphatic rings. The van der Waals surface area contributed by atoms with Gasteiger partial charge >= 0.3 is 0 Å². The van der Waals surface area contributed by atoms with Crippen LogP contribution in [-0.2, 0) is 4.79 Å². The van der Waals surface area contributed by atoms with Crippen molar-refractivity contribution in [2.45, 2.75) is 32.8 Å². The molecule has 1 aromatic rings. The van der Waals surface area contributed by atoms with Gasteiger partial charge < -0.3 is 15.3 Å². The molecule has 0 bridgehead atoms. The van der Waals surface area contributed by atoms with Crippen LogP contribution in [0.25, 0.3) is 0 Å². The summed E-state index contributed by atoms with van der Waals surface area (Å²) in [5.41, 5.74) is -0.261. The Morgan fingerprint density at radius 1 is 1.38 bits per heavy atom. The monoisotopic (exact) mass is 332 g/mol. The number of aliphatic hydroxyl groups is 1. The zero-order valence-electron chi connectivity index (χ0n) is 12.6. The lowest BCUT2D eigenvalue weighted by Gasteiger charge is -2.27. The van der Waals surface area contributed by atoms with Crippen LogP contribution in [-0.4, -0.2) is 41.1 Å². The minimum atomic E-state index is -0.775. The van der Waals surface area contributed by atoms with E-state index in [0.29, 0.717) is 35.2 Å². The van der Waals surface area contributed by atoms with Gasteiger partial charge in [-0.25, -0.2) is 0 Å². The first-order valence-corrected chi connectivity index (χ1v) is 7.66. The molecule has 0 saturated carbocycles. The van der Waals surface area contributed by atoms with Crippen LogP contribution in [0.1, 0.15) is 27.2 Å². The average molecular weight is 333 g/mol. The van der Waals surface area contributed by atoms with Gasteiger partial charge in [0.1, 0.15) is 0 Å². The number of anilines is 1. The highest BCUT2D eigenvalue weighted by atomic mass is 35.5. The molecular weight excluding hydrogens is 311 g/mol. The lowest BCUT2D eigenvalue weighted by molar-refractivity contribution is -0.116. The van der Waals surface area contributed by atoms with Crippen molar-refractivity contribution in [2.24, 2.45) is 0 Å². The van der Waals surface area contributed by atoms with Crippen LogP contribution in [0.5, 0.6) is 0 Å². The minimum Gasteiger partial charge on any atom is -0.389 e. The number of nitrogens with one attached hydrogen (secondary N) is 1. The van der Waals surface area contributed by atoms with E-state index in [4.69, 9.17) is 23.2 Å². The van der Waals surface area contributed by atoms with E-state index in [2.05, 4.69) is 5.32 Å². The Morgan fingerprint density at radius 2 is 2.05 bits per heavy atom. The largest absolute Gasteiger partial charge is 0.389 e. The maximum absolute atomic E-state index is 12.0. The zero-order valence-corrected chi connectivity index (χ0v) is 14.1. The van der Waals surface area contributed by atoms with Crippen LogP contribution < -0.4 is 5.32 Å². The van der Waals surface area contributed by atoms with Crippen LogP contribution in [0.4, 0.5) is 5.69 Å². The van der Waals surface area contributed by atoms with E-state index in [1.807, 2.05) is 11.8 Å². The number of carbonyl (C=O) groups excluding carboxylic acids is 1. The lowest BCUT2D eigenvalue weighted by Crippen LogP contribution is -2.39. The first-order chi connectivity index (χ1) is 9.71. The highest BCUT2D eigenvalue weighted by molar-refractivity contribution is 6.35. The molecule has 2 N–H and O–H groups in total. The molecule has 1 rings (SSSR count). The van der Waals surface area contributed by atoms with Gasteiger partial charge in [-0.05, 0) is 38.6 Å². The molecule has 0 spiro atoms. The fourth-order valence-electron chi connectivity index (χ4n) is 1.96. The molecule has 4 nitrogen and oxygen atoms in total. The first kappa shape index (κ1) is 18.2. The highest BCUT2D eigenvalue weighted by Crippen LogP contribution is 2.25. The van der Waals surface area contributed by atoms with E-state index in [0.717, 1.165) is 6.54 Å². The van der Waals surface area contributed by atoms with Crippen molar-refractivity contribution in [3.8, 4) is 0 Å². The lowest BCUT2D eigenvalue weighted by atomic mass is 10.1. The number of halogens is 2. The summed E-state index contributed by atoms with van der Waals surface area (Å²) in [6.45, 7) is 7.37. The number of benzene rings is 1. The Kier molecular flexibility index (Phi) is 6.94. The smallest absolute Gasteiger partial charge is 0.225 e. The van der Waals surface area contributed by atoms with Crippen molar-refractivity contribution in [1.29, 1.82) is 0 Å². The molecule has 0 aliphatic heterocycles. The number of nitrogens with zero attached hydrogens (tertiary/aromatic N) is 1. The summed E-state index contributed by atoms with van der Waals surface area (Å²) >= 11 is 11.9. The number of amides is 1. The van der Waals surface area contributed by atoms with E-state index >= 15 is 0 Å². The molecule has 0 radical (unpaired) electrons. The van der Waals surface area contributed by atoms with E-state index in [9.17, 15) is 9.90 Å². The Labute approximate surface area is 136 Å². The van der Waals surface area contributed by atoms with Gasteiger partial charge in [0, 0.05) is 24.5 Å². The Balaban J connectivity index is 2.52. The van der Waals surface area contributed by atoms with Crippen molar-refractivity contribution in [3.63, 3.8) is 0 Å². The van der Waals surface area contributed by atoms with Crippen LogP contribution in [0.15, 0.2) is 18.2 Å². The number of carbonyl (C=O) groups is 1. The summed E-state index contributed by atoms with van der Waals surface area (Å²) in [6, 6.07) is 4.93. The molecule has 0 unspecified atom stereocenters. The number of hydrogen-bond acceptors (Lipinski definition) is 3. The van der Waals surface area contributed by atoms with Crippen LogP contribution in [0.2, 0.25) is 10.0 Å². The molecule has 21 heavy (non-hydrogen) atoms. The maximum Gasteiger partial charge on any atom is 0.225 e. The molecular formula is C15H22Cl2N2O2. The van der Waals surface area contributed by atoms with Crippen LogP contribution in [0, 0.1) is 0 Å². The number of likely N-dealkylation sites (N-methyl/N-ethyl adjacent to an activating group) is 1. The average Bonchev–Trinajstić information content (AvgIpc) is 2.37. The standard InChI is InChI=1S/C15H22Cl2N2O2/c1-4-19(10-15(2,3)21)8-7-14(20)18-13-9-11(16)5-6-12(13)17/h5-6,9,21H,4,7-8,10H2,1-3H3,(H,18,20). The van der Waals surface area contributed by atoms with Crippen molar-refractivity contribution >= 4 is 34.8 Å². The van der Waals surface area contributed by atoms with Gasteiger partial charge in [-0.1, -0.05) is 30.1 Å². The Morgan fingerprint density at radius 3 is 2.62 bits per heavy atom. The quantitative estimate of drug-likeness (QED) is 0.804. The SMILES string of the molecule is CCN(CCC(=O)Nc1cc(Cl)ccc1Cl)CC(C)(C)O. The van der Waals surface area contributed by atoms with Gasteiger partial charge in [-0.2, -0.15) is 0 Å². The molecule has 0 heterocycles. The van der Waals surface area contributed by atoms with Gasteiger partial charge in [-0.15, -0.1) is 0 Å². The van der Waals surface area contributed by atoms with Crippen molar-refractivity contribution < 1.29 is 9.90 Å². The molecule has 0 saturated heterocycles. The molecule has 0 fully saturated rings. The third kappa shape index (κ3) is 7.14. The van der Waals surface area contributed by atoms with Crippen LogP contribution >= 0.6 is 23.2 Å². The predicted octanol–water partition coefficient (Wildman–Crippen LogP) is 3.41. The minimum absolute atomic E-state index is 0.131. The second kappa shape index (κ2) is 7.99. The van der Waals surface area contributed by atoms with E-state index < -0.39 is 5.60 Å². The van der Waals surface area contributed by atoms with Gasteiger partial charge in [0.2, 0.25) is 5.91 Å². The summed E-state index contributed by atoms with van der Waals surface area (Å²) in [6.07, 6.45) is 0.326. The summed E-state index contributed by atoms with van der Waals surface area (Å²) in [5.74, 6) is -0.131. The normalized spacial score (nSPS) is 11.8. The summed E-state index contributed by atoms with van der Waals surface area (Å²) in [4.78, 5) is 14.0. The van der Waals surface area contributed by atoms with Gasteiger partial charge in [0.25, 0.3) is 0 Å². The summed E-state index contributed by atoms with van der Waals surface area (Å²) in [7, 11) is 0. The second-order valence-electron chi connectivity index (χ2n) is 5.60. The highest BCUT2D eigenvalue weighted by Gasteiger charge is 2.18. The molecule has 0 atom stereocenters. The fraction of sp³-hybridized carbons (Fsp3) is 0.533. The van der Waals surface area contributed by atoms with Crippen molar-refractivity contribution in [1.82, 2.24) is 4.90 Å². The first-order valence-electron chi connectivity index (χ1n) is 6.91. The van der Waals surface area contributed by atoms with Gasteiger partial charge in [0.05, 0.1) is 16.3 Å². The van der Waals surface area contributed by atoms with Crippen LogP contribution in [0.3, 0.4) is 0 Å². The third-order valence-corrected chi connectivity index (χ3v) is 3.48. The fourth-order valence-corrected chi connectivity index (χ4v) is 2.30. The molecule has 0 aromatic heterocycles. The van der Waals surface area contributed by atoms with Gasteiger partial charge in [-0.3, -0.25) is 4.79 Å². The van der Waals surface area contributed by atoms with Crippen molar-refractivity contribution in [2.75, 3.05) is 25.0 Å². The molecule has 118 valence electrons. The van der Waals surface area contributed by atoms with Crippen molar-refractivity contribution in [3.05, 3.63) is 28.2 Å². The predicted molar refractivity (Wildman–Crippen MR) is 88.1 cm³/mol. The molecule has 6 heteroatoms. The summed E-state index contributed by atoms with van der Waals surface area (Å²) in [5, 5.41) is 13.5. The number of rotatable bonds is 7.